The molecule has 0 fully saturated rings. The maximum Gasteiger partial charge on any atom is 0.328 e. The largest absolute Gasteiger partial charge is 0.480 e. The highest BCUT2D eigenvalue weighted by atomic mass is 16.4. The van der Waals surface area contributed by atoms with E-state index in [0.717, 1.165) is 10.8 Å². The van der Waals surface area contributed by atoms with Crippen LogP contribution in [0.5, 0.6) is 0 Å². The lowest BCUT2D eigenvalue weighted by Crippen LogP contribution is -2.46. The molecule has 2 N–H and O–H groups in total. The maximum atomic E-state index is 11.6. The summed E-state index contributed by atoms with van der Waals surface area (Å²) in [6.45, 7) is 1.83. The molecule has 0 spiro atoms. The van der Waals surface area contributed by atoms with Crippen molar-refractivity contribution in [3.8, 4) is 12.3 Å². The van der Waals surface area contributed by atoms with Gasteiger partial charge in [-0.25, -0.2) is 4.79 Å². The molecule has 2 aromatic carbocycles. The first-order chi connectivity index (χ1) is 9.09. The van der Waals surface area contributed by atoms with Gasteiger partial charge >= 0.3 is 5.97 Å². The minimum atomic E-state index is -1.20. The van der Waals surface area contributed by atoms with Crippen LogP contribution in [0, 0.1) is 12.3 Å². The smallest absolute Gasteiger partial charge is 0.328 e. The Kier molecular flexibility index (Phi) is 3.55. The molecule has 3 nitrogen and oxygen atoms in total. The van der Waals surface area contributed by atoms with Crippen LogP contribution in [0.4, 0.5) is 0 Å². The summed E-state index contributed by atoms with van der Waals surface area (Å²) in [5.74, 6) is 1.48. The predicted molar refractivity (Wildman–Crippen MR) is 75.8 cm³/mol. The molecule has 0 aliphatic rings. The Bertz CT molecular complexity index is 652. The number of hydrogen-bond donors (Lipinski definition) is 2. The summed E-state index contributed by atoms with van der Waals surface area (Å²) >= 11 is 0. The molecule has 1 unspecified atom stereocenters. The number of nitrogens with one attached hydrogen (secondary N) is 1. The van der Waals surface area contributed by atoms with Gasteiger partial charge in [0.25, 0.3) is 0 Å². The van der Waals surface area contributed by atoms with Crippen molar-refractivity contribution in [2.75, 3.05) is 6.54 Å². The van der Waals surface area contributed by atoms with Gasteiger partial charge in [-0.05, 0) is 23.3 Å². The number of terminal acetylenes is 1. The molecule has 0 aliphatic heterocycles. The van der Waals surface area contributed by atoms with Gasteiger partial charge in [-0.2, -0.15) is 0 Å². The molecule has 0 aliphatic carbocycles. The number of benzene rings is 2. The van der Waals surface area contributed by atoms with E-state index in [1.54, 1.807) is 6.92 Å². The SMILES string of the molecule is C#CCNC(C)(C(=O)O)c1cccc2ccccc12. The van der Waals surface area contributed by atoms with Crippen molar-refractivity contribution in [2.45, 2.75) is 12.5 Å². The van der Waals surface area contributed by atoms with Gasteiger partial charge in [0.2, 0.25) is 0 Å². The zero-order valence-electron chi connectivity index (χ0n) is 10.7. The lowest BCUT2D eigenvalue weighted by Gasteiger charge is -2.27. The van der Waals surface area contributed by atoms with Gasteiger partial charge in [0.05, 0.1) is 6.54 Å². The van der Waals surface area contributed by atoms with E-state index in [1.807, 2.05) is 42.5 Å². The first-order valence-electron chi connectivity index (χ1n) is 5.99. The Hall–Kier alpha value is -2.31. The molecule has 0 heterocycles. The van der Waals surface area contributed by atoms with E-state index in [2.05, 4.69) is 11.2 Å². The van der Waals surface area contributed by atoms with Gasteiger partial charge in [-0.3, -0.25) is 5.32 Å². The lowest BCUT2D eigenvalue weighted by atomic mass is 9.88. The molecule has 0 amide bonds. The van der Waals surface area contributed by atoms with E-state index in [0.29, 0.717) is 5.56 Å². The summed E-state index contributed by atoms with van der Waals surface area (Å²) < 4.78 is 0. The summed E-state index contributed by atoms with van der Waals surface area (Å²) in [7, 11) is 0. The van der Waals surface area contributed by atoms with E-state index in [4.69, 9.17) is 6.42 Å². The van der Waals surface area contributed by atoms with Crippen LogP contribution in [0.25, 0.3) is 10.8 Å². The third-order valence-electron chi connectivity index (χ3n) is 3.30. The fourth-order valence-corrected chi connectivity index (χ4v) is 2.18. The monoisotopic (exact) mass is 253 g/mol. The van der Waals surface area contributed by atoms with Gasteiger partial charge in [-0.15, -0.1) is 6.42 Å². The Morgan fingerprint density at radius 1 is 1.32 bits per heavy atom. The van der Waals surface area contributed by atoms with Crippen molar-refractivity contribution in [1.29, 1.82) is 0 Å². The summed E-state index contributed by atoms with van der Waals surface area (Å²) in [6, 6.07) is 13.3. The second kappa shape index (κ2) is 5.13. The van der Waals surface area contributed by atoms with Crippen LogP contribution in [0.2, 0.25) is 0 Å². The molecule has 2 aromatic rings. The summed E-state index contributed by atoms with van der Waals surface area (Å²) in [5, 5.41) is 14.4. The van der Waals surface area contributed by atoms with E-state index in [1.165, 1.54) is 0 Å². The van der Waals surface area contributed by atoms with E-state index in [-0.39, 0.29) is 6.54 Å². The first-order valence-corrected chi connectivity index (χ1v) is 5.99. The van der Waals surface area contributed by atoms with Gasteiger partial charge in [0, 0.05) is 0 Å². The van der Waals surface area contributed by atoms with Crippen LogP contribution in [-0.2, 0) is 10.3 Å². The van der Waals surface area contributed by atoms with Crippen LogP contribution in [0.15, 0.2) is 42.5 Å². The van der Waals surface area contributed by atoms with E-state index >= 15 is 0 Å². The average Bonchev–Trinajstić information content (AvgIpc) is 2.44. The van der Waals surface area contributed by atoms with Crippen molar-refractivity contribution in [1.82, 2.24) is 5.32 Å². The Labute approximate surface area is 112 Å². The molecule has 0 saturated carbocycles. The van der Waals surface area contributed by atoms with Crippen LogP contribution < -0.4 is 5.32 Å². The van der Waals surface area contributed by atoms with Crippen LogP contribution in [0.1, 0.15) is 12.5 Å². The molecule has 2 rings (SSSR count). The second-order valence-corrected chi connectivity index (χ2v) is 4.51. The Morgan fingerprint density at radius 2 is 2.00 bits per heavy atom. The van der Waals surface area contributed by atoms with E-state index in [9.17, 15) is 9.90 Å². The van der Waals surface area contributed by atoms with E-state index < -0.39 is 11.5 Å². The third kappa shape index (κ3) is 2.31. The number of carboxylic acid groups (broad SMARTS) is 1. The molecular formula is C16H15NO2. The number of rotatable bonds is 4. The Balaban J connectivity index is 2.63. The van der Waals surface area contributed by atoms with Crippen molar-refractivity contribution in [3.63, 3.8) is 0 Å². The number of aliphatic carboxylic acids is 1. The predicted octanol–water partition coefficient (Wildman–Crippen LogP) is 2.36. The van der Waals surface area contributed by atoms with Gasteiger partial charge < -0.3 is 5.11 Å². The van der Waals surface area contributed by atoms with Crippen molar-refractivity contribution < 1.29 is 9.90 Å². The standard InChI is InChI=1S/C16H15NO2/c1-3-11-17-16(2,15(18)19)14-10-6-8-12-7-4-5-9-13(12)14/h1,4-10,17H,11H2,2H3,(H,18,19). The number of carboxylic acids is 1. The Morgan fingerprint density at radius 3 is 2.68 bits per heavy atom. The quantitative estimate of drug-likeness (QED) is 0.822. The highest BCUT2D eigenvalue weighted by Gasteiger charge is 2.35. The van der Waals surface area contributed by atoms with Crippen molar-refractivity contribution >= 4 is 16.7 Å². The van der Waals surface area contributed by atoms with Gasteiger partial charge in [0.1, 0.15) is 5.54 Å². The fraction of sp³-hybridized carbons (Fsp3) is 0.188. The zero-order chi connectivity index (χ0) is 13.9. The number of carbonyl (C=O) groups is 1. The zero-order valence-corrected chi connectivity index (χ0v) is 10.7. The minimum Gasteiger partial charge on any atom is -0.480 e. The molecule has 3 heteroatoms. The highest BCUT2D eigenvalue weighted by molar-refractivity contribution is 5.92. The highest BCUT2D eigenvalue weighted by Crippen LogP contribution is 2.28. The molecule has 0 aromatic heterocycles. The number of hydrogen-bond acceptors (Lipinski definition) is 2. The molecular weight excluding hydrogens is 238 g/mol. The summed E-state index contributed by atoms with van der Waals surface area (Å²) in [6.07, 6.45) is 5.22. The molecule has 1 atom stereocenters. The van der Waals surface area contributed by atoms with Crippen molar-refractivity contribution in [3.05, 3.63) is 48.0 Å². The normalized spacial score (nSPS) is 13.7. The van der Waals surface area contributed by atoms with Crippen LogP contribution in [0.3, 0.4) is 0 Å². The maximum absolute atomic E-state index is 11.6. The topological polar surface area (TPSA) is 49.3 Å². The fourth-order valence-electron chi connectivity index (χ4n) is 2.18. The van der Waals surface area contributed by atoms with Gasteiger partial charge in [-0.1, -0.05) is 48.4 Å². The minimum absolute atomic E-state index is 0.200. The average molecular weight is 253 g/mol. The molecule has 0 radical (unpaired) electrons. The number of fused-ring (bicyclic) bond motifs is 1. The molecule has 0 saturated heterocycles. The first kappa shape index (κ1) is 13.1. The molecule has 19 heavy (non-hydrogen) atoms. The molecule has 96 valence electrons. The third-order valence-corrected chi connectivity index (χ3v) is 3.30. The lowest BCUT2D eigenvalue weighted by molar-refractivity contribution is -0.144. The van der Waals surface area contributed by atoms with Crippen LogP contribution in [-0.4, -0.2) is 17.6 Å². The molecule has 0 bridgehead atoms. The van der Waals surface area contributed by atoms with Gasteiger partial charge in [0.15, 0.2) is 0 Å². The van der Waals surface area contributed by atoms with Crippen molar-refractivity contribution in [2.24, 2.45) is 0 Å². The second-order valence-electron chi connectivity index (χ2n) is 4.51. The summed E-state index contributed by atoms with van der Waals surface area (Å²) in [5.41, 5.74) is -0.485. The van der Waals surface area contributed by atoms with Crippen LogP contribution >= 0.6 is 0 Å². The summed E-state index contributed by atoms with van der Waals surface area (Å²) in [4.78, 5) is 11.6.